The third kappa shape index (κ3) is 5.20. The molecule has 1 saturated carbocycles. The Morgan fingerprint density at radius 2 is 1.84 bits per heavy atom. The molecule has 0 radical (unpaired) electrons. The molecule has 5 rings (SSSR count). The van der Waals surface area contributed by atoms with Crippen molar-refractivity contribution >= 4 is 46.6 Å². The van der Waals surface area contributed by atoms with E-state index in [1.54, 1.807) is 23.1 Å². The van der Waals surface area contributed by atoms with Gasteiger partial charge in [0.15, 0.2) is 0 Å². The minimum Gasteiger partial charge on any atom is -0.379 e. The number of hydrogen-bond acceptors (Lipinski definition) is 5. The van der Waals surface area contributed by atoms with E-state index in [2.05, 4.69) is 10.6 Å². The van der Waals surface area contributed by atoms with Crippen molar-refractivity contribution in [1.29, 1.82) is 0 Å². The molecule has 2 N–H and O–H groups in total. The second-order valence-corrected chi connectivity index (χ2v) is 11.9. The number of carbonyl (C=O) groups excluding carboxylic acids is 3. The first kappa shape index (κ1) is 27.4. The van der Waals surface area contributed by atoms with Gasteiger partial charge in [0, 0.05) is 34.9 Å². The molecule has 10 heteroatoms. The summed E-state index contributed by atoms with van der Waals surface area (Å²) < 4.78 is 12.1. The van der Waals surface area contributed by atoms with Gasteiger partial charge in [-0.15, -0.1) is 0 Å². The molecule has 1 aliphatic carbocycles. The van der Waals surface area contributed by atoms with Gasteiger partial charge in [0.2, 0.25) is 17.7 Å². The Hall–Kier alpha value is -2.13. The molecule has 206 valence electrons. The molecule has 2 bridgehead atoms. The number of halogens is 2. The molecule has 1 aromatic carbocycles. The number of anilines is 1. The zero-order valence-electron chi connectivity index (χ0n) is 21.8. The first-order valence-electron chi connectivity index (χ1n) is 13.6. The normalized spacial score (nSPS) is 30.2. The third-order valence-corrected chi connectivity index (χ3v) is 8.44. The summed E-state index contributed by atoms with van der Waals surface area (Å²) >= 11 is 12.2. The van der Waals surface area contributed by atoms with E-state index in [0.717, 1.165) is 25.7 Å². The van der Waals surface area contributed by atoms with Crippen molar-refractivity contribution in [1.82, 2.24) is 10.2 Å². The van der Waals surface area contributed by atoms with Crippen molar-refractivity contribution in [3.05, 3.63) is 40.4 Å². The number of likely N-dealkylation sites (tertiary alicyclic amines) is 1. The van der Waals surface area contributed by atoms with Crippen molar-refractivity contribution in [3.8, 4) is 0 Å². The van der Waals surface area contributed by atoms with E-state index in [9.17, 15) is 14.4 Å². The van der Waals surface area contributed by atoms with Gasteiger partial charge in [0.25, 0.3) is 0 Å². The minimum absolute atomic E-state index is 0.0718. The molecule has 2 saturated heterocycles. The summed E-state index contributed by atoms with van der Waals surface area (Å²) in [4.78, 5) is 42.9. The fourth-order valence-corrected chi connectivity index (χ4v) is 6.97. The summed E-state index contributed by atoms with van der Waals surface area (Å²) in [5.74, 6) is -2.42. The van der Waals surface area contributed by atoms with Crippen LogP contribution < -0.4 is 10.6 Å². The van der Waals surface area contributed by atoms with Gasteiger partial charge in [0.05, 0.1) is 24.0 Å². The van der Waals surface area contributed by atoms with E-state index in [1.165, 1.54) is 6.42 Å². The molecule has 3 fully saturated rings. The zero-order valence-corrected chi connectivity index (χ0v) is 23.3. The Kier molecular flexibility index (Phi) is 8.06. The molecular formula is C28H35Cl2N3O5. The van der Waals surface area contributed by atoms with Crippen molar-refractivity contribution < 1.29 is 23.9 Å². The van der Waals surface area contributed by atoms with E-state index in [4.69, 9.17) is 32.7 Å². The number of ether oxygens (including phenoxy) is 2. The van der Waals surface area contributed by atoms with Crippen LogP contribution in [0, 0.1) is 11.8 Å². The molecular weight excluding hydrogens is 529 g/mol. The summed E-state index contributed by atoms with van der Waals surface area (Å²) in [6, 6.07) is 4.02. The van der Waals surface area contributed by atoms with Crippen LogP contribution in [0.3, 0.4) is 0 Å². The highest BCUT2D eigenvalue weighted by molar-refractivity contribution is 6.35. The highest BCUT2D eigenvalue weighted by atomic mass is 35.5. The zero-order chi connectivity index (χ0) is 27.0. The number of nitrogens with one attached hydrogen (secondary N) is 2. The van der Waals surface area contributed by atoms with Crippen LogP contribution in [0.25, 0.3) is 0 Å². The van der Waals surface area contributed by atoms with Gasteiger partial charge < -0.3 is 25.0 Å². The smallest absolute Gasteiger partial charge is 0.246 e. The lowest BCUT2D eigenvalue weighted by Gasteiger charge is -2.34. The highest BCUT2D eigenvalue weighted by Gasteiger charge is 2.72. The van der Waals surface area contributed by atoms with E-state index < -0.39 is 29.6 Å². The van der Waals surface area contributed by atoms with Crippen LogP contribution in [-0.2, 0) is 23.9 Å². The molecule has 8 nitrogen and oxygen atoms in total. The summed E-state index contributed by atoms with van der Waals surface area (Å²) in [6.07, 6.45) is 8.86. The van der Waals surface area contributed by atoms with Crippen LogP contribution in [-0.4, -0.2) is 65.7 Å². The Bertz CT molecular complexity index is 1100. The lowest BCUT2D eigenvalue weighted by molar-refractivity contribution is -0.141. The number of carbonyl (C=O) groups is 3. The molecule has 1 aromatic rings. The van der Waals surface area contributed by atoms with Gasteiger partial charge in [-0.25, -0.2) is 0 Å². The maximum absolute atomic E-state index is 14.0. The topological polar surface area (TPSA) is 97.0 Å². The average molecular weight is 565 g/mol. The number of fused-ring (bicyclic) bond motifs is 1. The van der Waals surface area contributed by atoms with Crippen LogP contribution in [0.5, 0.6) is 0 Å². The monoisotopic (exact) mass is 563 g/mol. The summed E-state index contributed by atoms with van der Waals surface area (Å²) in [5, 5.41) is 6.83. The van der Waals surface area contributed by atoms with Crippen LogP contribution in [0.1, 0.15) is 52.4 Å². The van der Waals surface area contributed by atoms with E-state index in [0.29, 0.717) is 35.3 Å². The number of nitrogens with zero attached hydrogens (tertiary/aromatic N) is 1. The standard InChI is InChI=1S/C28H35Cl2N3O5/c1-16(2)37-12-6-11-33-24(26(35)31-19-7-4-3-5-8-19)28-10-9-21(38-28)22(23(28)27(33)36)25(34)32-20-14-17(29)13-18(30)15-20/h9-10,13-16,19,21-24H,3-8,11-12H2,1-2H3,(H,31,35)(H,32,34). The highest BCUT2D eigenvalue weighted by Crippen LogP contribution is 2.55. The molecule has 5 unspecified atom stereocenters. The Morgan fingerprint density at radius 1 is 1.13 bits per heavy atom. The van der Waals surface area contributed by atoms with Gasteiger partial charge >= 0.3 is 0 Å². The van der Waals surface area contributed by atoms with Gasteiger partial charge in [0.1, 0.15) is 11.6 Å². The second kappa shape index (κ2) is 11.2. The average Bonchev–Trinajstić information content (AvgIpc) is 3.49. The number of rotatable bonds is 9. The minimum atomic E-state index is -1.19. The Morgan fingerprint density at radius 3 is 2.53 bits per heavy atom. The molecule has 3 amide bonds. The summed E-state index contributed by atoms with van der Waals surface area (Å²) in [7, 11) is 0. The Labute approximate surface area is 233 Å². The largest absolute Gasteiger partial charge is 0.379 e. The quantitative estimate of drug-likeness (QED) is 0.344. The maximum Gasteiger partial charge on any atom is 0.246 e. The SMILES string of the molecule is CC(C)OCCCN1C(=O)C2C(C(=O)Nc3cc(Cl)cc(Cl)c3)C3C=CC2(O3)C1C(=O)NC1CCCCC1. The first-order chi connectivity index (χ1) is 18.2. The lowest BCUT2D eigenvalue weighted by atomic mass is 9.74. The van der Waals surface area contributed by atoms with Crippen molar-refractivity contribution in [2.75, 3.05) is 18.5 Å². The van der Waals surface area contributed by atoms with E-state index >= 15 is 0 Å². The lowest BCUT2D eigenvalue weighted by Crippen LogP contribution is -2.56. The van der Waals surface area contributed by atoms with Crippen LogP contribution >= 0.6 is 23.2 Å². The summed E-state index contributed by atoms with van der Waals surface area (Å²) in [5.41, 5.74) is -0.749. The fraction of sp³-hybridized carbons (Fsp3) is 0.607. The van der Waals surface area contributed by atoms with Gasteiger partial charge in [-0.05, 0) is 51.3 Å². The first-order valence-corrected chi connectivity index (χ1v) is 14.3. The fourth-order valence-electron chi connectivity index (χ4n) is 6.44. The Balaban J connectivity index is 1.40. The molecule has 4 aliphatic rings. The van der Waals surface area contributed by atoms with Crippen molar-refractivity contribution in [2.45, 2.75) is 82.3 Å². The maximum atomic E-state index is 14.0. The van der Waals surface area contributed by atoms with Crippen LogP contribution in [0.2, 0.25) is 10.0 Å². The molecule has 3 aliphatic heterocycles. The van der Waals surface area contributed by atoms with Gasteiger partial charge in [-0.1, -0.05) is 54.6 Å². The number of hydrogen-bond donors (Lipinski definition) is 2. The van der Waals surface area contributed by atoms with Crippen molar-refractivity contribution in [3.63, 3.8) is 0 Å². The number of amides is 3. The predicted octanol–water partition coefficient (Wildman–Crippen LogP) is 4.35. The molecule has 1 spiro atoms. The molecule has 38 heavy (non-hydrogen) atoms. The summed E-state index contributed by atoms with van der Waals surface area (Å²) in [6.45, 7) is 4.72. The van der Waals surface area contributed by atoms with E-state index in [-0.39, 0.29) is 29.9 Å². The molecule has 0 aromatic heterocycles. The van der Waals surface area contributed by atoms with Crippen LogP contribution in [0.4, 0.5) is 5.69 Å². The number of benzene rings is 1. The van der Waals surface area contributed by atoms with E-state index in [1.807, 2.05) is 26.0 Å². The predicted molar refractivity (Wildman–Crippen MR) is 145 cm³/mol. The van der Waals surface area contributed by atoms with Crippen molar-refractivity contribution in [2.24, 2.45) is 11.8 Å². The molecule has 5 atom stereocenters. The molecule has 3 heterocycles. The third-order valence-electron chi connectivity index (χ3n) is 8.00. The second-order valence-electron chi connectivity index (χ2n) is 11.0. The van der Waals surface area contributed by atoms with Gasteiger partial charge in [-0.2, -0.15) is 0 Å². The van der Waals surface area contributed by atoms with Gasteiger partial charge in [-0.3, -0.25) is 14.4 Å². The van der Waals surface area contributed by atoms with Crippen LogP contribution in [0.15, 0.2) is 30.4 Å².